The molecule has 0 aromatic heterocycles. The van der Waals surface area contributed by atoms with Crippen molar-refractivity contribution in [2.24, 2.45) is 5.16 Å². The first-order chi connectivity index (χ1) is 12.6. The Morgan fingerprint density at radius 1 is 1.04 bits per heavy atom. The van der Waals surface area contributed by atoms with Gasteiger partial charge in [0.2, 0.25) is 0 Å². The normalized spacial score (nSPS) is 17.2. The van der Waals surface area contributed by atoms with Gasteiger partial charge in [0, 0.05) is 0 Å². The summed E-state index contributed by atoms with van der Waals surface area (Å²) in [6, 6.07) is 1.76. The molecule has 0 amide bonds. The van der Waals surface area contributed by atoms with Gasteiger partial charge in [0.1, 0.15) is 6.61 Å². The smallest absolute Gasteiger partial charge is 0.393 e. The monoisotopic (exact) mass is 398 g/mol. The number of halogens is 6. The first-order valence-corrected chi connectivity index (χ1v) is 8.36. The van der Waals surface area contributed by atoms with E-state index >= 15 is 0 Å². The lowest BCUT2D eigenvalue weighted by Crippen LogP contribution is -2.33. The van der Waals surface area contributed by atoms with Crippen molar-refractivity contribution in [3.63, 3.8) is 0 Å². The predicted octanol–water partition coefficient (Wildman–Crippen LogP) is 4.23. The number of hydrogen-bond donors (Lipinski definition) is 1. The largest absolute Gasteiger partial charge is 0.417 e. The van der Waals surface area contributed by atoms with E-state index in [0.717, 1.165) is 32.0 Å². The minimum Gasteiger partial charge on any atom is -0.393 e. The van der Waals surface area contributed by atoms with Gasteiger partial charge in [-0.05, 0) is 50.6 Å². The third-order valence-corrected chi connectivity index (χ3v) is 4.06. The third-order valence-electron chi connectivity index (χ3n) is 4.06. The van der Waals surface area contributed by atoms with E-state index in [-0.39, 0.29) is 30.6 Å². The maximum atomic E-state index is 13.0. The Kier molecular flexibility index (Phi) is 7.10. The Morgan fingerprint density at radius 3 is 2.26 bits per heavy atom. The van der Waals surface area contributed by atoms with Gasteiger partial charge < -0.3 is 14.9 Å². The highest BCUT2D eigenvalue weighted by Gasteiger charge is 2.43. The standard InChI is InChI=1S/C17H20F6N2O2/c1-11(25-27-9-8-26-13-4-6-24-7-5-13)12-2-3-14(16(18,19)20)15(10-12)17(21,22)23/h2-3,10,13,24H,4-9H2,1H3. The maximum Gasteiger partial charge on any atom is 0.417 e. The summed E-state index contributed by atoms with van der Waals surface area (Å²) in [4.78, 5) is 5.01. The molecule has 0 bridgehead atoms. The average Bonchev–Trinajstić information content (AvgIpc) is 2.60. The minimum absolute atomic E-state index is 0.0380. The summed E-state index contributed by atoms with van der Waals surface area (Å²) >= 11 is 0. The fourth-order valence-electron chi connectivity index (χ4n) is 2.66. The van der Waals surface area contributed by atoms with Gasteiger partial charge >= 0.3 is 12.4 Å². The quantitative estimate of drug-likeness (QED) is 0.338. The summed E-state index contributed by atoms with van der Waals surface area (Å²) < 4.78 is 82.8. The number of nitrogens with zero attached hydrogens (tertiary/aromatic N) is 1. The Morgan fingerprint density at radius 2 is 1.67 bits per heavy atom. The van der Waals surface area contributed by atoms with Gasteiger partial charge in [-0.15, -0.1) is 0 Å². The van der Waals surface area contributed by atoms with Gasteiger partial charge in [0.15, 0.2) is 0 Å². The molecule has 1 aromatic rings. The van der Waals surface area contributed by atoms with Crippen LogP contribution in [0.15, 0.2) is 23.4 Å². The number of piperidine rings is 1. The fraction of sp³-hybridized carbons (Fsp3) is 0.588. The van der Waals surface area contributed by atoms with Crippen molar-refractivity contribution in [3.8, 4) is 0 Å². The summed E-state index contributed by atoms with van der Waals surface area (Å²) in [7, 11) is 0. The van der Waals surface area contributed by atoms with Gasteiger partial charge in [-0.1, -0.05) is 11.2 Å². The second-order valence-electron chi connectivity index (χ2n) is 6.09. The third kappa shape index (κ3) is 6.39. The number of oxime groups is 1. The lowest BCUT2D eigenvalue weighted by molar-refractivity contribution is -0.162. The van der Waals surface area contributed by atoms with Crippen LogP contribution in [0.3, 0.4) is 0 Å². The number of rotatable bonds is 6. The average molecular weight is 398 g/mol. The Hall–Kier alpha value is -1.81. The summed E-state index contributed by atoms with van der Waals surface area (Å²) in [6.45, 7) is 3.46. The van der Waals surface area contributed by atoms with Crippen molar-refractivity contribution >= 4 is 5.71 Å². The van der Waals surface area contributed by atoms with E-state index in [4.69, 9.17) is 9.57 Å². The van der Waals surface area contributed by atoms with Gasteiger partial charge in [-0.2, -0.15) is 26.3 Å². The van der Waals surface area contributed by atoms with Crippen LogP contribution >= 0.6 is 0 Å². The molecule has 1 heterocycles. The van der Waals surface area contributed by atoms with Crippen LogP contribution in [0.2, 0.25) is 0 Å². The van der Waals surface area contributed by atoms with Crippen LogP contribution in [0.25, 0.3) is 0 Å². The number of ether oxygens (including phenoxy) is 1. The number of nitrogens with one attached hydrogen (secondary N) is 1. The molecule has 1 saturated heterocycles. The molecule has 2 rings (SSSR count). The van der Waals surface area contributed by atoms with E-state index in [9.17, 15) is 26.3 Å². The van der Waals surface area contributed by atoms with Gasteiger partial charge in [0.05, 0.1) is 29.5 Å². The van der Waals surface area contributed by atoms with E-state index in [0.29, 0.717) is 12.1 Å². The van der Waals surface area contributed by atoms with Crippen LogP contribution in [0.5, 0.6) is 0 Å². The van der Waals surface area contributed by atoms with Gasteiger partial charge in [-0.3, -0.25) is 0 Å². The number of alkyl halides is 6. The van der Waals surface area contributed by atoms with Crippen molar-refractivity contribution < 1.29 is 35.9 Å². The second kappa shape index (κ2) is 8.92. The zero-order chi connectivity index (χ0) is 20.1. The lowest BCUT2D eigenvalue weighted by atomic mass is 10.0. The molecule has 1 N–H and O–H groups in total. The Bertz CT molecular complexity index is 652. The first-order valence-electron chi connectivity index (χ1n) is 8.36. The molecular formula is C17H20F6N2O2. The molecule has 0 atom stereocenters. The van der Waals surface area contributed by atoms with Crippen molar-refractivity contribution in [3.05, 3.63) is 34.9 Å². The van der Waals surface area contributed by atoms with Crippen LogP contribution in [-0.4, -0.2) is 38.1 Å². The van der Waals surface area contributed by atoms with E-state index < -0.39 is 23.5 Å². The number of benzene rings is 1. The molecule has 1 fully saturated rings. The zero-order valence-electron chi connectivity index (χ0n) is 14.6. The highest BCUT2D eigenvalue weighted by atomic mass is 19.4. The summed E-state index contributed by atoms with van der Waals surface area (Å²) in [5.41, 5.74) is -3.55. The molecule has 0 saturated carbocycles. The summed E-state index contributed by atoms with van der Waals surface area (Å²) in [6.07, 6.45) is -8.34. The van der Waals surface area contributed by atoms with Gasteiger partial charge in [-0.25, -0.2) is 0 Å². The first kappa shape index (κ1) is 21.5. The van der Waals surface area contributed by atoms with E-state index in [1.807, 2.05) is 0 Å². The maximum absolute atomic E-state index is 13.0. The molecule has 4 nitrogen and oxygen atoms in total. The second-order valence-corrected chi connectivity index (χ2v) is 6.09. The zero-order valence-corrected chi connectivity index (χ0v) is 14.6. The van der Waals surface area contributed by atoms with Crippen LogP contribution in [0.1, 0.15) is 36.5 Å². The molecule has 1 aliphatic rings. The molecule has 1 aromatic carbocycles. The predicted molar refractivity (Wildman–Crippen MR) is 86.5 cm³/mol. The molecule has 27 heavy (non-hydrogen) atoms. The Balaban J connectivity index is 1.98. The highest BCUT2D eigenvalue weighted by molar-refractivity contribution is 5.98. The molecule has 0 radical (unpaired) electrons. The molecule has 10 heteroatoms. The van der Waals surface area contributed by atoms with E-state index in [1.165, 1.54) is 6.92 Å². The molecule has 1 aliphatic heterocycles. The fourth-order valence-corrected chi connectivity index (χ4v) is 2.66. The van der Waals surface area contributed by atoms with Crippen LogP contribution in [0, 0.1) is 0 Å². The number of hydrogen-bond acceptors (Lipinski definition) is 4. The molecule has 0 unspecified atom stereocenters. The highest BCUT2D eigenvalue weighted by Crippen LogP contribution is 2.40. The molecule has 0 aliphatic carbocycles. The molecule has 0 spiro atoms. The summed E-state index contributed by atoms with van der Waals surface area (Å²) in [5, 5.41) is 6.86. The van der Waals surface area contributed by atoms with Gasteiger partial charge in [0.25, 0.3) is 0 Å². The van der Waals surface area contributed by atoms with Crippen LogP contribution < -0.4 is 5.32 Å². The van der Waals surface area contributed by atoms with E-state index in [2.05, 4.69) is 10.5 Å². The topological polar surface area (TPSA) is 42.9 Å². The van der Waals surface area contributed by atoms with Crippen LogP contribution in [-0.2, 0) is 21.9 Å². The Labute approximate surface area is 152 Å². The summed E-state index contributed by atoms with van der Waals surface area (Å²) in [5.74, 6) is 0. The SMILES string of the molecule is CC(=NOCCOC1CCNCC1)c1ccc(C(F)(F)F)c(C(F)(F)F)c1. The van der Waals surface area contributed by atoms with Crippen molar-refractivity contribution in [2.45, 2.75) is 38.2 Å². The molecular weight excluding hydrogens is 378 g/mol. The lowest BCUT2D eigenvalue weighted by Gasteiger charge is -2.22. The van der Waals surface area contributed by atoms with Crippen LogP contribution in [0.4, 0.5) is 26.3 Å². The molecule has 152 valence electrons. The van der Waals surface area contributed by atoms with E-state index in [1.54, 1.807) is 0 Å². The van der Waals surface area contributed by atoms with Crippen molar-refractivity contribution in [1.82, 2.24) is 5.32 Å². The minimum atomic E-state index is -5.13. The van der Waals surface area contributed by atoms with Crippen molar-refractivity contribution in [2.75, 3.05) is 26.3 Å². The van der Waals surface area contributed by atoms with Crippen molar-refractivity contribution in [1.29, 1.82) is 0 Å².